The van der Waals surface area contributed by atoms with E-state index in [1.165, 1.54) is 12.0 Å². The second-order valence-electron chi connectivity index (χ2n) is 7.11. The lowest BCUT2D eigenvalue weighted by atomic mass is 9.77. The molecule has 1 saturated heterocycles. The molecule has 4 heteroatoms. The Morgan fingerprint density at radius 1 is 1.24 bits per heavy atom. The molecule has 21 heavy (non-hydrogen) atoms. The smallest absolute Gasteiger partial charge is 0.246 e. The number of rotatable bonds is 3. The molecule has 4 nitrogen and oxygen atoms in total. The predicted molar refractivity (Wildman–Crippen MR) is 81.6 cm³/mol. The molecule has 1 atom stereocenters. The van der Waals surface area contributed by atoms with E-state index < -0.39 is 5.54 Å². The molecule has 116 valence electrons. The van der Waals surface area contributed by atoms with Gasteiger partial charge in [0.2, 0.25) is 11.8 Å². The first-order chi connectivity index (χ1) is 10.0. The van der Waals surface area contributed by atoms with Crippen molar-refractivity contribution < 1.29 is 9.59 Å². The van der Waals surface area contributed by atoms with Crippen molar-refractivity contribution in [3.8, 4) is 0 Å². The van der Waals surface area contributed by atoms with Crippen molar-refractivity contribution in [3.05, 3.63) is 11.6 Å². The largest absolute Gasteiger partial charge is 0.342 e. The number of nitrogens with one attached hydrogen (secondary N) is 1. The van der Waals surface area contributed by atoms with Gasteiger partial charge in [0, 0.05) is 6.54 Å². The van der Waals surface area contributed by atoms with E-state index in [1.807, 2.05) is 18.7 Å². The third-order valence-corrected chi connectivity index (χ3v) is 5.21. The highest BCUT2D eigenvalue weighted by Gasteiger charge is 2.54. The van der Waals surface area contributed by atoms with E-state index in [9.17, 15) is 9.59 Å². The molecule has 2 amide bonds. The average Bonchev–Trinajstić information content (AvgIpc) is 3.28. The van der Waals surface area contributed by atoms with Gasteiger partial charge in [-0.1, -0.05) is 30.9 Å². The third kappa shape index (κ3) is 2.60. The van der Waals surface area contributed by atoms with Crippen molar-refractivity contribution in [2.75, 3.05) is 6.54 Å². The monoisotopic (exact) mass is 290 g/mol. The highest BCUT2D eigenvalue weighted by atomic mass is 16.2. The van der Waals surface area contributed by atoms with E-state index in [1.54, 1.807) is 0 Å². The number of carbonyl (C=O) groups is 2. The maximum absolute atomic E-state index is 12.9. The zero-order chi connectivity index (χ0) is 15.0. The topological polar surface area (TPSA) is 49.4 Å². The summed E-state index contributed by atoms with van der Waals surface area (Å²) in [4.78, 5) is 27.6. The first-order valence-corrected chi connectivity index (χ1v) is 8.30. The van der Waals surface area contributed by atoms with E-state index in [0.717, 1.165) is 38.5 Å². The standard InChI is InChI=1S/C17H26N2O2/c1-12(2)8-11-19-15(20)14(13-6-7-13)18-16(21)17(19)9-4-3-5-10-17/h8,13-14H,3-7,9-11H2,1-2H3,(H,18,21). The lowest BCUT2D eigenvalue weighted by molar-refractivity contribution is -0.159. The minimum Gasteiger partial charge on any atom is -0.342 e. The molecule has 0 radical (unpaired) electrons. The average molecular weight is 290 g/mol. The second kappa shape index (κ2) is 5.47. The van der Waals surface area contributed by atoms with Gasteiger partial charge < -0.3 is 10.2 Å². The summed E-state index contributed by atoms with van der Waals surface area (Å²) in [7, 11) is 0. The van der Waals surface area contributed by atoms with Gasteiger partial charge in [0.15, 0.2) is 0 Å². The zero-order valence-electron chi connectivity index (χ0n) is 13.2. The summed E-state index contributed by atoms with van der Waals surface area (Å²) < 4.78 is 0. The third-order valence-electron chi connectivity index (χ3n) is 5.21. The van der Waals surface area contributed by atoms with Crippen molar-refractivity contribution >= 4 is 11.8 Å². The fourth-order valence-electron chi connectivity index (χ4n) is 3.76. The zero-order valence-corrected chi connectivity index (χ0v) is 13.2. The van der Waals surface area contributed by atoms with E-state index in [0.29, 0.717) is 12.5 Å². The Hall–Kier alpha value is -1.32. The molecule has 1 heterocycles. The Balaban J connectivity index is 1.90. The number of carbonyl (C=O) groups excluding carboxylic acids is 2. The second-order valence-corrected chi connectivity index (χ2v) is 7.11. The van der Waals surface area contributed by atoms with E-state index in [4.69, 9.17) is 0 Å². The van der Waals surface area contributed by atoms with Crippen LogP contribution in [0.1, 0.15) is 58.8 Å². The summed E-state index contributed by atoms with van der Waals surface area (Å²) in [5.74, 6) is 0.619. The minimum atomic E-state index is -0.577. The van der Waals surface area contributed by atoms with Crippen LogP contribution in [0.25, 0.3) is 0 Å². The van der Waals surface area contributed by atoms with Gasteiger partial charge >= 0.3 is 0 Å². The Labute approximate surface area is 127 Å². The summed E-state index contributed by atoms with van der Waals surface area (Å²) in [5, 5.41) is 3.06. The molecule has 2 aliphatic carbocycles. The fraction of sp³-hybridized carbons (Fsp3) is 0.765. The molecule has 0 aromatic heterocycles. The van der Waals surface area contributed by atoms with Gasteiger partial charge in [-0.3, -0.25) is 9.59 Å². The number of nitrogens with zero attached hydrogens (tertiary/aromatic N) is 1. The molecular weight excluding hydrogens is 264 g/mol. The lowest BCUT2D eigenvalue weighted by Crippen LogP contribution is -2.71. The van der Waals surface area contributed by atoms with Crippen molar-refractivity contribution in [1.82, 2.24) is 10.2 Å². The molecule has 3 rings (SSSR count). The summed E-state index contributed by atoms with van der Waals surface area (Å²) >= 11 is 0. The molecule has 2 saturated carbocycles. The van der Waals surface area contributed by atoms with Crippen molar-refractivity contribution in [2.45, 2.75) is 70.4 Å². The molecule has 0 aromatic rings. The number of allylic oxidation sites excluding steroid dienone is 1. The Morgan fingerprint density at radius 2 is 1.90 bits per heavy atom. The van der Waals surface area contributed by atoms with Gasteiger partial charge in [-0.05, 0) is 45.4 Å². The molecule has 0 bridgehead atoms. The van der Waals surface area contributed by atoms with Crippen LogP contribution in [-0.4, -0.2) is 34.8 Å². The molecule has 3 fully saturated rings. The van der Waals surface area contributed by atoms with E-state index in [2.05, 4.69) is 11.4 Å². The summed E-state index contributed by atoms with van der Waals surface area (Å²) in [6, 6.07) is -0.268. The lowest BCUT2D eigenvalue weighted by Gasteiger charge is -2.50. The Morgan fingerprint density at radius 3 is 2.48 bits per heavy atom. The summed E-state index contributed by atoms with van der Waals surface area (Å²) in [5.41, 5.74) is 0.620. The molecular formula is C17H26N2O2. The number of amides is 2. The molecule has 1 N–H and O–H groups in total. The van der Waals surface area contributed by atoms with Gasteiger partial charge in [0.25, 0.3) is 0 Å². The van der Waals surface area contributed by atoms with Crippen LogP contribution in [0.5, 0.6) is 0 Å². The first-order valence-electron chi connectivity index (χ1n) is 8.30. The van der Waals surface area contributed by atoms with Crippen LogP contribution in [0, 0.1) is 5.92 Å². The Kier molecular flexibility index (Phi) is 3.80. The molecule has 1 spiro atoms. The van der Waals surface area contributed by atoms with Crippen molar-refractivity contribution in [1.29, 1.82) is 0 Å². The molecule has 0 aromatic carbocycles. The van der Waals surface area contributed by atoms with Gasteiger partial charge in [-0.2, -0.15) is 0 Å². The SMILES string of the molecule is CC(C)=CCN1C(=O)C(C2CC2)NC(=O)C12CCCCC2. The summed E-state index contributed by atoms with van der Waals surface area (Å²) in [6.07, 6.45) is 9.11. The Bertz CT molecular complexity index is 469. The first kappa shape index (κ1) is 14.6. The normalized spacial score (nSPS) is 28.5. The van der Waals surface area contributed by atoms with Crippen molar-refractivity contribution in [2.24, 2.45) is 5.92 Å². The van der Waals surface area contributed by atoms with Crippen LogP contribution < -0.4 is 5.32 Å². The minimum absolute atomic E-state index is 0.0980. The predicted octanol–water partition coefficient (Wildman–Crippen LogP) is 2.39. The highest BCUT2D eigenvalue weighted by molar-refractivity contribution is 6.00. The van der Waals surface area contributed by atoms with E-state index >= 15 is 0 Å². The number of piperazine rings is 1. The van der Waals surface area contributed by atoms with Gasteiger partial charge in [-0.15, -0.1) is 0 Å². The molecule has 3 aliphatic rings. The highest BCUT2D eigenvalue weighted by Crippen LogP contribution is 2.41. The molecule has 1 aliphatic heterocycles. The van der Waals surface area contributed by atoms with Crippen LogP contribution in [-0.2, 0) is 9.59 Å². The fourth-order valence-corrected chi connectivity index (χ4v) is 3.76. The van der Waals surface area contributed by atoms with E-state index in [-0.39, 0.29) is 17.9 Å². The number of hydrogen-bond donors (Lipinski definition) is 1. The van der Waals surface area contributed by atoms with Crippen LogP contribution in [0.3, 0.4) is 0 Å². The van der Waals surface area contributed by atoms with Gasteiger partial charge in [0.05, 0.1) is 0 Å². The van der Waals surface area contributed by atoms with Crippen molar-refractivity contribution in [3.63, 3.8) is 0 Å². The quantitative estimate of drug-likeness (QED) is 0.811. The number of hydrogen-bond acceptors (Lipinski definition) is 2. The van der Waals surface area contributed by atoms with Crippen LogP contribution in [0.15, 0.2) is 11.6 Å². The maximum atomic E-state index is 12.9. The molecule has 1 unspecified atom stereocenters. The summed E-state index contributed by atoms with van der Waals surface area (Å²) in [6.45, 7) is 4.67. The van der Waals surface area contributed by atoms with Crippen LogP contribution in [0.2, 0.25) is 0 Å². The van der Waals surface area contributed by atoms with Crippen LogP contribution >= 0.6 is 0 Å². The van der Waals surface area contributed by atoms with Gasteiger partial charge in [0.1, 0.15) is 11.6 Å². The maximum Gasteiger partial charge on any atom is 0.246 e. The van der Waals surface area contributed by atoms with Gasteiger partial charge in [-0.25, -0.2) is 0 Å². The van der Waals surface area contributed by atoms with Crippen LogP contribution in [0.4, 0.5) is 0 Å².